The van der Waals surface area contributed by atoms with E-state index in [-0.39, 0.29) is 16.8 Å². The van der Waals surface area contributed by atoms with Crippen molar-refractivity contribution in [2.45, 2.75) is 13.8 Å². The summed E-state index contributed by atoms with van der Waals surface area (Å²) in [5.41, 5.74) is 1.28. The molecular weight excluding hydrogens is 247 g/mol. The van der Waals surface area contributed by atoms with Crippen molar-refractivity contribution in [2.24, 2.45) is 0 Å². The van der Waals surface area contributed by atoms with Crippen molar-refractivity contribution >= 4 is 29.1 Å². The third kappa shape index (κ3) is 3.83. The summed E-state index contributed by atoms with van der Waals surface area (Å²) in [6.07, 6.45) is 1.90. The van der Waals surface area contributed by atoms with Crippen LogP contribution in [0, 0.1) is 0 Å². The molecule has 5 heteroatoms. The van der Waals surface area contributed by atoms with E-state index >= 15 is 0 Å². The topological polar surface area (TPSA) is 42.0 Å². The summed E-state index contributed by atoms with van der Waals surface area (Å²) in [7, 11) is 0. The Kier molecular flexibility index (Phi) is 4.77. The fourth-order valence-corrected chi connectivity index (χ4v) is 1.35. The maximum Gasteiger partial charge on any atom is 0.271 e. The Bertz CT molecular complexity index is 426. The molecule has 0 aliphatic heterocycles. The quantitative estimate of drug-likeness (QED) is 0.669. The lowest BCUT2D eigenvalue weighted by Gasteiger charge is -2.04. The smallest absolute Gasteiger partial charge is 0.271 e. The zero-order valence-corrected chi connectivity index (χ0v) is 10.6. The molecule has 0 aromatic carbocycles. The Balaban J connectivity index is 2.73. The van der Waals surface area contributed by atoms with Gasteiger partial charge in [-0.05, 0) is 26.0 Å². The molecule has 0 bridgehead atoms. The number of pyridine rings is 1. The molecule has 0 radical (unpaired) electrons. The standard InChI is InChI=1S/C11H12Cl2N2O/c1-7(2)5-6-14-11(16)10-8(12)3-4-9(13)15-10/h3-5H,6H2,1-2H3,(H,14,16). The monoisotopic (exact) mass is 258 g/mol. The number of halogens is 2. The molecule has 1 N–H and O–H groups in total. The number of aromatic nitrogens is 1. The van der Waals surface area contributed by atoms with Gasteiger partial charge in [0.25, 0.3) is 5.91 Å². The van der Waals surface area contributed by atoms with Crippen LogP contribution in [0.4, 0.5) is 0 Å². The van der Waals surface area contributed by atoms with E-state index in [1.54, 1.807) is 6.07 Å². The summed E-state index contributed by atoms with van der Waals surface area (Å²) in [5.74, 6) is -0.329. The lowest BCUT2D eigenvalue weighted by atomic mass is 10.3. The molecule has 1 amide bonds. The third-order valence-electron chi connectivity index (χ3n) is 1.80. The summed E-state index contributed by atoms with van der Waals surface area (Å²) in [5, 5.41) is 3.22. The number of rotatable bonds is 3. The summed E-state index contributed by atoms with van der Waals surface area (Å²) >= 11 is 11.5. The molecule has 3 nitrogen and oxygen atoms in total. The average molecular weight is 259 g/mol. The highest BCUT2D eigenvalue weighted by Gasteiger charge is 2.11. The molecule has 0 atom stereocenters. The Labute approximate surface area is 104 Å². The number of hydrogen-bond acceptors (Lipinski definition) is 2. The van der Waals surface area contributed by atoms with Crippen molar-refractivity contribution in [3.8, 4) is 0 Å². The predicted molar refractivity (Wildman–Crippen MR) is 66.0 cm³/mol. The lowest BCUT2D eigenvalue weighted by Crippen LogP contribution is -2.24. The van der Waals surface area contributed by atoms with Gasteiger partial charge in [-0.25, -0.2) is 4.98 Å². The van der Waals surface area contributed by atoms with Crippen molar-refractivity contribution in [1.82, 2.24) is 10.3 Å². The largest absolute Gasteiger partial charge is 0.347 e. The van der Waals surface area contributed by atoms with E-state index in [0.717, 1.165) is 5.57 Å². The van der Waals surface area contributed by atoms with Gasteiger partial charge >= 0.3 is 0 Å². The molecule has 1 rings (SSSR count). The maximum atomic E-state index is 11.7. The van der Waals surface area contributed by atoms with Crippen LogP contribution in [0.15, 0.2) is 23.8 Å². The van der Waals surface area contributed by atoms with E-state index in [0.29, 0.717) is 11.6 Å². The maximum absolute atomic E-state index is 11.7. The second-order valence-corrected chi connectivity index (χ2v) is 4.25. The molecule has 0 aliphatic carbocycles. The molecule has 1 aromatic rings. The highest BCUT2D eigenvalue weighted by molar-refractivity contribution is 6.34. The highest BCUT2D eigenvalue weighted by Crippen LogP contribution is 2.16. The van der Waals surface area contributed by atoms with Gasteiger partial charge in [0.1, 0.15) is 10.8 Å². The highest BCUT2D eigenvalue weighted by atomic mass is 35.5. The minimum atomic E-state index is -0.329. The summed E-state index contributed by atoms with van der Waals surface area (Å²) < 4.78 is 0. The normalized spacial score (nSPS) is 9.75. The number of hydrogen-bond donors (Lipinski definition) is 1. The minimum Gasteiger partial charge on any atom is -0.347 e. The fourth-order valence-electron chi connectivity index (χ4n) is 1.01. The summed E-state index contributed by atoms with van der Waals surface area (Å²) in [6, 6.07) is 3.09. The van der Waals surface area contributed by atoms with Gasteiger partial charge < -0.3 is 5.32 Å². The average Bonchev–Trinajstić information content (AvgIpc) is 2.21. The van der Waals surface area contributed by atoms with Gasteiger partial charge in [0.2, 0.25) is 0 Å². The zero-order chi connectivity index (χ0) is 12.1. The first-order valence-electron chi connectivity index (χ1n) is 4.74. The van der Waals surface area contributed by atoms with Gasteiger partial charge in [-0.15, -0.1) is 0 Å². The van der Waals surface area contributed by atoms with Crippen molar-refractivity contribution in [3.63, 3.8) is 0 Å². The van der Waals surface area contributed by atoms with E-state index < -0.39 is 0 Å². The van der Waals surface area contributed by atoms with Crippen molar-refractivity contribution in [2.75, 3.05) is 6.54 Å². The number of carbonyl (C=O) groups excluding carboxylic acids is 1. The molecule has 0 spiro atoms. The molecule has 0 unspecified atom stereocenters. The van der Waals surface area contributed by atoms with E-state index in [1.165, 1.54) is 6.07 Å². The zero-order valence-electron chi connectivity index (χ0n) is 9.05. The second kappa shape index (κ2) is 5.87. The van der Waals surface area contributed by atoms with Gasteiger partial charge in [0.05, 0.1) is 5.02 Å². The van der Waals surface area contributed by atoms with E-state index in [2.05, 4.69) is 10.3 Å². The van der Waals surface area contributed by atoms with Crippen LogP contribution in [0.5, 0.6) is 0 Å². The van der Waals surface area contributed by atoms with Crippen molar-refractivity contribution in [1.29, 1.82) is 0 Å². The van der Waals surface area contributed by atoms with Gasteiger partial charge in [-0.1, -0.05) is 34.9 Å². The molecule has 16 heavy (non-hydrogen) atoms. The number of amides is 1. The summed E-state index contributed by atoms with van der Waals surface area (Å²) in [4.78, 5) is 15.5. The van der Waals surface area contributed by atoms with E-state index in [4.69, 9.17) is 23.2 Å². The molecule has 0 saturated heterocycles. The first-order chi connectivity index (χ1) is 7.50. The second-order valence-electron chi connectivity index (χ2n) is 3.46. The lowest BCUT2D eigenvalue weighted by molar-refractivity contribution is 0.0953. The van der Waals surface area contributed by atoms with Crippen LogP contribution >= 0.6 is 23.2 Å². The Morgan fingerprint density at radius 2 is 2.12 bits per heavy atom. The van der Waals surface area contributed by atoms with Crippen LogP contribution in [-0.2, 0) is 0 Å². The Hall–Kier alpha value is -1.06. The SMILES string of the molecule is CC(C)=CCNC(=O)c1nc(Cl)ccc1Cl. The molecule has 0 aliphatic rings. The van der Waals surface area contributed by atoms with Crippen LogP contribution in [0.2, 0.25) is 10.2 Å². The minimum absolute atomic E-state index is 0.149. The van der Waals surface area contributed by atoms with E-state index in [9.17, 15) is 4.79 Å². The third-order valence-corrected chi connectivity index (χ3v) is 2.32. The van der Waals surface area contributed by atoms with Crippen LogP contribution in [0.1, 0.15) is 24.3 Å². The molecule has 86 valence electrons. The molecule has 1 aromatic heterocycles. The van der Waals surface area contributed by atoms with E-state index in [1.807, 2.05) is 19.9 Å². The van der Waals surface area contributed by atoms with Crippen LogP contribution < -0.4 is 5.32 Å². The van der Waals surface area contributed by atoms with Crippen LogP contribution in [0.3, 0.4) is 0 Å². The molecular formula is C11H12Cl2N2O. The van der Waals surface area contributed by atoms with Crippen LogP contribution in [0.25, 0.3) is 0 Å². The van der Waals surface area contributed by atoms with Crippen molar-refractivity contribution in [3.05, 3.63) is 39.7 Å². The molecule has 1 heterocycles. The molecule has 0 saturated carbocycles. The number of allylic oxidation sites excluding steroid dienone is 1. The van der Waals surface area contributed by atoms with Gasteiger partial charge in [-0.2, -0.15) is 0 Å². The Morgan fingerprint density at radius 1 is 1.44 bits per heavy atom. The Morgan fingerprint density at radius 3 is 2.75 bits per heavy atom. The van der Waals surface area contributed by atoms with Crippen molar-refractivity contribution < 1.29 is 4.79 Å². The number of nitrogens with zero attached hydrogens (tertiary/aromatic N) is 1. The number of carbonyl (C=O) groups is 1. The summed E-state index contributed by atoms with van der Waals surface area (Å²) in [6.45, 7) is 4.36. The van der Waals surface area contributed by atoms with Gasteiger partial charge in [0, 0.05) is 6.54 Å². The van der Waals surface area contributed by atoms with Gasteiger partial charge in [0.15, 0.2) is 0 Å². The van der Waals surface area contributed by atoms with Gasteiger partial charge in [-0.3, -0.25) is 4.79 Å². The first-order valence-corrected chi connectivity index (χ1v) is 5.50. The predicted octanol–water partition coefficient (Wildman–Crippen LogP) is 3.08. The fraction of sp³-hybridized carbons (Fsp3) is 0.273. The first kappa shape index (κ1) is 13.0. The molecule has 0 fully saturated rings. The van der Waals surface area contributed by atoms with Crippen LogP contribution in [-0.4, -0.2) is 17.4 Å². The number of nitrogens with one attached hydrogen (secondary N) is 1.